The van der Waals surface area contributed by atoms with Gasteiger partial charge in [0.1, 0.15) is 0 Å². The van der Waals surface area contributed by atoms with Crippen molar-refractivity contribution in [3.8, 4) is 0 Å². The number of fused-ring (bicyclic) bond motifs is 1. The van der Waals surface area contributed by atoms with E-state index < -0.39 is 5.91 Å². The Morgan fingerprint density at radius 3 is 2.89 bits per heavy atom. The van der Waals surface area contributed by atoms with Crippen LogP contribution in [0.1, 0.15) is 24.9 Å². The van der Waals surface area contributed by atoms with Gasteiger partial charge in [0.05, 0.1) is 11.4 Å². The van der Waals surface area contributed by atoms with E-state index in [1.54, 1.807) is 4.90 Å². The smallest absolute Gasteiger partial charge is 0.237 e. The fourth-order valence-electron chi connectivity index (χ4n) is 1.97. The van der Waals surface area contributed by atoms with Crippen LogP contribution < -0.4 is 16.4 Å². The van der Waals surface area contributed by atoms with Crippen molar-refractivity contribution < 1.29 is 9.59 Å². The number of benzene rings is 1. The normalized spacial score (nSPS) is 16.1. The maximum atomic E-state index is 11.9. The first-order valence-electron chi connectivity index (χ1n) is 6.10. The van der Waals surface area contributed by atoms with Gasteiger partial charge in [-0.15, -0.1) is 11.8 Å². The van der Waals surface area contributed by atoms with Gasteiger partial charge in [-0.2, -0.15) is 0 Å². The van der Waals surface area contributed by atoms with Crippen molar-refractivity contribution in [1.82, 2.24) is 0 Å². The van der Waals surface area contributed by atoms with Gasteiger partial charge in [-0.1, -0.05) is 6.07 Å². The Labute approximate surface area is 116 Å². The highest BCUT2D eigenvalue weighted by molar-refractivity contribution is 8.00. The number of thioether (sulfide) groups is 1. The Morgan fingerprint density at radius 2 is 2.26 bits per heavy atom. The first-order valence-corrected chi connectivity index (χ1v) is 7.08. The van der Waals surface area contributed by atoms with E-state index in [1.807, 2.05) is 25.1 Å². The SMILES string of the molecule is CC(N)c1ccc2c(c1)SCC(=O)N2CCC(N)=O. The minimum Gasteiger partial charge on any atom is -0.370 e. The molecule has 2 amide bonds. The number of rotatable bonds is 4. The molecule has 0 fully saturated rings. The highest BCUT2D eigenvalue weighted by Gasteiger charge is 2.25. The Hall–Kier alpha value is -1.53. The first kappa shape index (κ1) is 13.9. The molecule has 1 unspecified atom stereocenters. The summed E-state index contributed by atoms with van der Waals surface area (Å²) in [7, 11) is 0. The maximum absolute atomic E-state index is 11.9. The Balaban J connectivity index is 2.28. The summed E-state index contributed by atoms with van der Waals surface area (Å²) in [4.78, 5) is 25.4. The van der Waals surface area contributed by atoms with Crippen LogP contribution in [0.25, 0.3) is 0 Å². The third-order valence-electron chi connectivity index (χ3n) is 3.03. The molecular formula is C13H17N3O2S. The van der Waals surface area contributed by atoms with Gasteiger partial charge in [0, 0.05) is 23.9 Å². The maximum Gasteiger partial charge on any atom is 0.237 e. The van der Waals surface area contributed by atoms with Crippen LogP contribution in [0.2, 0.25) is 0 Å². The van der Waals surface area contributed by atoms with Gasteiger partial charge >= 0.3 is 0 Å². The largest absolute Gasteiger partial charge is 0.370 e. The molecule has 6 heteroatoms. The van der Waals surface area contributed by atoms with Crippen LogP contribution in [-0.2, 0) is 9.59 Å². The van der Waals surface area contributed by atoms with Crippen LogP contribution in [0.15, 0.2) is 23.1 Å². The fourth-order valence-corrected chi connectivity index (χ4v) is 2.95. The van der Waals surface area contributed by atoms with Gasteiger partial charge in [0.15, 0.2) is 0 Å². The topological polar surface area (TPSA) is 89.4 Å². The molecule has 0 aromatic heterocycles. The predicted octanol–water partition coefficient (Wildman–Crippen LogP) is 1.02. The molecule has 19 heavy (non-hydrogen) atoms. The molecule has 5 nitrogen and oxygen atoms in total. The number of amides is 2. The zero-order valence-corrected chi connectivity index (χ0v) is 11.6. The van der Waals surface area contributed by atoms with E-state index in [1.165, 1.54) is 11.8 Å². The Kier molecular flexibility index (Phi) is 4.11. The lowest BCUT2D eigenvalue weighted by molar-refractivity contribution is -0.118. The van der Waals surface area contributed by atoms with Gasteiger partial charge in [0.2, 0.25) is 11.8 Å². The number of primary amides is 1. The molecule has 1 aromatic rings. The van der Waals surface area contributed by atoms with E-state index in [0.717, 1.165) is 16.1 Å². The standard InChI is InChI=1S/C13H17N3O2S/c1-8(14)9-2-3-10-11(6-9)19-7-13(18)16(10)5-4-12(15)17/h2-3,6,8H,4-5,7,14H2,1H3,(H2,15,17). The summed E-state index contributed by atoms with van der Waals surface area (Å²) in [5, 5.41) is 0. The molecule has 1 aromatic carbocycles. The number of anilines is 1. The van der Waals surface area contributed by atoms with E-state index in [0.29, 0.717) is 12.3 Å². The lowest BCUT2D eigenvalue weighted by atomic mass is 10.1. The van der Waals surface area contributed by atoms with Crippen LogP contribution in [0.4, 0.5) is 5.69 Å². The number of nitrogens with zero attached hydrogens (tertiary/aromatic N) is 1. The molecule has 0 bridgehead atoms. The highest BCUT2D eigenvalue weighted by atomic mass is 32.2. The summed E-state index contributed by atoms with van der Waals surface area (Å²) in [6.45, 7) is 2.25. The monoisotopic (exact) mass is 279 g/mol. The van der Waals surface area contributed by atoms with Gasteiger partial charge in [-0.05, 0) is 24.6 Å². The van der Waals surface area contributed by atoms with Crippen molar-refractivity contribution in [3.05, 3.63) is 23.8 Å². The average Bonchev–Trinajstić information content (AvgIpc) is 2.36. The molecule has 0 aliphatic carbocycles. The fraction of sp³-hybridized carbons (Fsp3) is 0.385. The summed E-state index contributed by atoms with van der Waals surface area (Å²) >= 11 is 1.50. The second-order valence-electron chi connectivity index (χ2n) is 4.57. The third kappa shape index (κ3) is 3.08. The Morgan fingerprint density at radius 1 is 1.53 bits per heavy atom. The van der Waals surface area contributed by atoms with Crippen LogP contribution >= 0.6 is 11.8 Å². The molecule has 4 N–H and O–H groups in total. The van der Waals surface area contributed by atoms with Gasteiger partial charge in [-0.3, -0.25) is 9.59 Å². The Bertz CT molecular complexity index is 517. The van der Waals surface area contributed by atoms with E-state index in [9.17, 15) is 9.59 Å². The lowest BCUT2D eigenvalue weighted by Crippen LogP contribution is -2.37. The number of hydrogen-bond donors (Lipinski definition) is 2. The van der Waals surface area contributed by atoms with Crippen molar-refractivity contribution in [2.24, 2.45) is 11.5 Å². The number of carbonyl (C=O) groups excluding carboxylic acids is 2. The van der Waals surface area contributed by atoms with Crippen LogP contribution in [0.3, 0.4) is 0 Å². The van der Waals surface area contributed by atoms with E-state index in [-0.39, 0.29) is 18.4 Å². The summed E-state index contributed by atoms with van der Waals surface area (Å²) in [5.41, 5.74) is 12.9. The molecule has 0 saturated heterocycles. The summed E-state index contributed by atoms with van der Waals surface area (Å²) in [5.74, 6) is -0.0131. The van der Waals surface area contributed by atoms with Crippen LogP contribution in [0, 0.1) is 0 Å². The summed E-state index contributed by atoms with van der Waals surface area (Å²) < 4.78 is 0. The van der Waals surface area contributed by atoms with Crippen molar-refractivity contribution in [2.45, 2.75) is 24.3 Å². The molecule has 1 atom stereocenters. The minimum absolute atomic E-state index is 0.00676. The quantitative estimate of drug-likeness (QED) is 0.861. The predicted molar refractivity (Wildman–Crippen MR) is 75.9 cm³/mol. The molecule has 0 spiro atoms. The molecule has 0 saturated carbocycles. The number of nitrogens with two attached hydrogens (primary N) is 2. The van der Waals surface area contributed by atoms with Crippen molar-refractivity contribution in [2.75, 3.05) is 17.2 Å². The van der Waals surface area contributed by atoms with Crippen molar-refractivity contribution in [1.29, 1.82) is 0 Å². The average molecular weight is 279 g/mol. The van der Waals surface area contributed by atoms with Crippen LogP contribution in [-0.4, -0.2) is 24.1 Å². The van der Waals surface area contributed by atoms with Crippen LogP contribution in [0.5, 0.6) is 0 Å². The van der Waals surface area contributed by atoms with E-state index in [2.05, 4.69) is 0 Å². The highest BCUT2D eigenvalue weighted by Crippen LogP contribution is 2.36. The van der Waals surface area contributed by atoms with E-state index >= 15 is 0 Å². The molecule has 0 radical (unpaired) electrons. The molecule has 1 aliphatic heterocycles. The summed E-state index contributed by atoms with van der Waals surface area (Å²) in [6, 6.07) is 5.77. The summed E-state index contributed by atoms with van der Waals surface area (Å²) in [6.07, 6.45) is 0.172. The van der Waals surface area contributed by atoms with Crippen molar-refractivity contribution in [3.63, 3.8) is 0 Å². The molecular weight excluding hydrogens is 262 g/mol. The van der Waals surface area contributed by atoms with Gasteiger partial charge in [0.25, 0.3) is 0 Å². The van der Waals surface area contributed by atoms with Gasteiger partial charge < -0.3 is 16.4 Å². The van der Waals surface area contributed by atoms with Crippen molar-refractivity contribution >= 4 is 29.3 Å². The molecule has 102 valence electrons. The second kappa shape index (κ2) is 5.63. The second-order valence-corrected chi connectivity index (χ2v) is 5.58. The van der Waals surface area contributed by atoms with E-state index in [4.69, 9.17) is 11.5 Å². The minimum atomic E-state index is -0.403. The first-order chi connectivity index (χ1) is 8.99. The lowest BCUT2D eigenvalue weighted by Gasteiger charge is -2.29. The molecule has 1 aliphatic rings. The zero-order chi connectivity index (χ0) is 14.0. The third-order valence-corrected chi connectivity index (χ3v) is 4.06. The zero-order valence-electron chi connectivity index (χ0n) is 10.8. The number of carbonyl (C=O) groups is 2. The number of hydrogen-bond acceptors (Lipinski definition) is 4. The molecule has 2 rings (SSSR count). The van der Waals surface area contributed by atoms with Gasteiger partial charge in [-0.25, -0.2) is 0 Å². The molecule has 1 heterocycles.